The number of ether oxygens (including phenoxy) is 1. The molecule has 2 fully saturated rings. The number of fused-ring (bicyclic) bond motifs is 1. The van der Waals surface area contributed by atoms with Crippen LogP contribution in [0.2, 0.25) is 0 Å². The predicted octanol–water partition coefficient (Wildman–Crippen LogP) is -1.07. The molecule has 0 bridgehead atoms. The Bertz CT molecular complexity index is 394. The van der Waals surface area contributed by atoms with Crippen LogP contribution in [0.15, 0.2) is 18.4 Å². The molecule has 0 amide bonds. The quantitative estimate of drug-likeness (QED) is 0.366. The summed E-state index contributed by atoms with van der Waals surface area (Å²) in [5, 5.41) is 9.10. The molecule has 2 unspecified atom stereocenters. The summed E-state index contributed by atoms with van der Waals surface area (Å²) in [5.41, 5.74) is 1.32. The SMILES string of the molecule is B[C@@H]1O[C@H](CO)C2OP(=O)(O)O[C@]21C=C=C. The van der Waals surface area contributed by atoms with E-state index < -0.39 is 31.6 Å². The maximum atomic E-state index is 11.4. The molecule has 0 spiro atoms. The van der Waals surface area contributed by atoms with Gasteiger partial charge in [0.1, 0.15) is 20.1 Å². The van der Waals surface area contributed by atoms with Crippen LogP contribution in [-0.4, -0.2) is 48.3 Å². The fourth-order valence-electron chi connectivity index (χ4n) is 2.13. The van der Waals surface area contributed by atoms with E-state index in [0.29, 0.717) is 0 Å². The van der Waals surface area contributed by atoms with E-state index in [1.165, 1.54) is 6.08 Å². The summed E-state index contributed by atoms with van der Waals surface area (Å²) in [6.07, 6.45) is -0.103. The van der Waals surface area contributed by atoms with E-state index in [9.17, 15) is 9.46 Å². The second-order valence-electron chi connectivity index (χ2n) is 3.79. The molecule has 88 valence electrons. The normalized spacial score (nSPS) is 51.0. The summed E-state index contributed by atoms with van der Waals surface area (Å²) in [7, 11) is -2.42. The van der Waals surface area contributed by atoms with Crippen LogP contribution in [0.5, 0.6) is 0 Å². The van der Waals surface area contributed by atoms with Gasteiger partial charge in [-0.3, -0.25) is 9.05 Å². The number of phosphoric ester groups is 1. The molecule has 2 rings (SSSR count). The Hall–Kier alpha value is -0.385. The maximum Gasteiger partial charge on any atom is 0.473 e. The highest BCUT2D eigenvalue weighted by Crippen LogP contribution is 2.61. The highest BCUT2D eigenvalue weighted by Gasteiger charge is 2.64. The Morgan fingerprint density at radius 2 is 2.38 bits per heavy atom. The zero-order valence-corrected chi connectivity index (χ0v) is 9.59. The van der Waals surface area contributed by atoms with Crippen LogP contribution in [-0.2, 0) is 18.3 Å². The Morgan fingerprint density at radius 3 is 2.94 bits per heavy atom. The molecule has 5 atom stereocenters. The molecule has 0 aromatic carbocycles. The molecular weight excluding hydrogens is 234 g/mol. The van der Waals surface area contributed by atoms with Gasteiger partial charge in [0.25, 0.3) is 0 Å². The number of aliphatic hydroxyl groups excluding tert-OH is 1. The van der Waals surface area contributed by atoms with Crippen molar-refractivity contribution < 1.29 is 28.3 Å². The van der Waals surface area contributed by atoms with Crippen LogP contribution in [0, 0.1) is 0 Å². The molecule has 16 heavy (non-hydrogen) atoms. The zero-order valence-electron chi connectivity index (χ0n) is 8.70. The fourth-order valence-corrected chi connectivity index (χ4v) is 3.46. The van der Waals surface area contributed by atoms with Crippen molar-refractivity contribution in [3.05, 3.63) is 18.4 Å². The highest BCUT2D eigenvalue weighted by atomic mass is 31.2. The number of hydrogen-bond acceptors (Lipinski definition) is 5. The Balaban J connectivity index is 2.43. The van der Waals surface area contributed by atoms with E-state index in [4.69, 9.17) is 18.9 Å². The van der Waals surface area contributed by atoms with Gasteiger partial charge in [-0.25, -0.2) is 4.57 Å². The molecular formula is C8H12BO6P. The van der Waals surface area contributed by atoms with E-state index in [1.807, 2.05) is 0 Å². The Morgan fingerprint density at radius 1 is 1.69 bits per heavy atom. The van der Waals surface area contributed by atoms with Gasteiger partial charge in [0.2, 0.25) is 0 Å². The Labute approximate surface area is 93.5 Å². The minimum absolute atomic E-state index is 0.314. The van der Waals surface area contributed by atoms with Crippen molar-refractivity contribution in [1.82, 2.24) is 0 Å². The van der Waals surface area contributed by atoms with Crippen molar-refractivity contribution in [2.75, 3.05) is 6.61 Å². The van der Waals surface area contributed by atoms with Gasteiger partial charge in [-0.05, 0) is 6.08 Å². The van der Waals surface area contributed by atoms with Gasteiger partial charge >= 0.3 is 7.82 Å². The van der Waals surface area contributed by atoms with E-state index in [-0.39, 0.29) is 6.61 Å². The molecule has 2 heterocycles. The molecule has 6 nitrogen and oxygen atoms in total. The third kappa shape index (κ3) is 1.62. The number of hydrogen-bond donors (Lipinski definition) is 2. The molecule has 0 aliphatic carbocycles. The average molecular weight is 246 g/mol. The van der Waals surface area contributed by atoms with Crippen molar-refractivity contribution in [1.29, 1.82) is 0 Å². The summed E-state index contributed by atoms with van der Waals surface area (Å²) in [6.45, 7) is 3.09. The van der Waals surface area contributed by atoms with E-state index in [2.05, 4.69) is 12.3 Å². The van der Waals surface area contributed by atoms with Crippen molar-refractivity contribution in [3.63, 3.8) is 0 Å². The minimum Gasteiger partial charge on any atom is -0.394 e. The first kappa shape index (κ1) is 12.1. The third-order valence-corrected chi connectivity index (χ3v) is 3.86. The lowest BCUT2D eigenvalue weighted by Crippen LogP contribution is -2.44. The number of phosphoric acid groups is 1. The van der Waals surface area contributed by atoms with Crippen molar-refractivity contribution in [2.45, 2.75) is 23.8 Å². The summed E-state index contributed by atoms with van der Waals surface area (Å²) in [5.74, 6) is 0. The standard InChI is InChI=1S/C8H12BO6P/c1-2-3-8-6(14-16(11,12)15-8)5(4-10)13-7(8)9/h3,5-7,10H,1,4,9H2,(H,11,12)/t5-,6?,7-,8-/m1/s1. The van der Waals surface area contributed by atoms with Gasteiger partial charge in [0, 0.05) is 0 Å². The van der Waals surface area contributed by atoms with Gasteiger partial charge in [-0.15, -0.1) is 5.73 Å². The molecule has 0 aromatic heterocycles. The van der Waals surface area contributed by atoms with Crippen LogP contribution < -0.4 is 0 Å². The van der Waals surface area contributed by atoms with Crippen molar-refractivity contribution in [2.24, 2.45) is 0 Å². The van der Waals surface area contributed by atoms with E-state index in [0.717, 1.165) is 0 Å². The molecule has 2 saturated heterocycles. The number of rotatable bonds is 2. The van der Waals surface area contributed by atoms with Gasteiger partial charge in [-0.1, -0.05) is 6.58 Å². The zero-order chi connectivity index (χ0) is 12.0. The monoisotopic (exact) mass is 246 g/mol. The van der Waals surface area contributed by atoms with Crippen LogP contribution in [0.25, 0.3) is 0 Å². The molecule has 0 radical (unpaired) electrons. The minimum atomic E-state index is -4.09. The average Bonchev–Trinajstić information content (AvgIpc) is 2.58. The smallest absolute Gasteiger partial charge is 0.394 e. The first-order valence-electron chi connectivity index (χ1n) is 4.80. The highest BCUT2D eigenvalue weighted by molar-refractivity contribution is 7.47. The van der Waals surface area contributed by atoms with Crippen molar-refractivity contribution >= 4 is 15.7 Å². The van der Waals surface area contributed by atoms with Crippen LogP contribution in [0.4, 0.5) is 0 Å². The molecule has 0 saturated carbocycles. The lowest BCUT2D eigenvalue weighted by atomic mass is 9.80. The van der Waals surface area contributed by atoms with Crippen LogP contribution in [0.3, 0.4) is 0 Å². The van der Waals surface area contributed by atoms with Crippen LogP contribution >= 0.6 is 7.82 Å². The maximum absolute atomic E-state index is 11.4. The van der Waals surface area contributed by atoms with E-state index >= 15 is 0 Å². The second kappa shape index (κ2) is 3.82. The first-order chi connectivity index (χ1) is 7.45. The third-order valence-electron chi connectivity index (χ3n) is 2.82. The molecule has 0 aromatic rings. The lowest BCUT2D eigenvalue weighted by molar-refractivity contribution is -0.00511. The molecule has 8 heteroatoms. The summed E-state index contributed by atoms with van der Waals surface area (Å²) in [6, 6.07) is -0.521. The van der Waals surface area contributed by atoms with Crippen molar-refractivity contribution in [3.8, 4) is 0 Å². The number of aliphatic hydroxyl groups is 1. The van der Waals surface area contributed by atoms with E-state index in [1.54, 1.807) is 7.85 Å². The van der Waals surface area contributed by atoms with Gasteiger partial charge < -0.3 is 14.7 Å². The lowest BCUT2D eigenvalue weighted by Gasteiger charge is -2.23. The van der Waals surface area contributed by atoms with Crippen LogP contribution in [0.1, 0.15) is 0 Å². The predicted molar refractivity (Wildman–Crippen MR) is 56.5 cm³/mol. The van der Waals surface area contributed by atoms with Gasteiger partial charge in [0.05, 0.1) is 12.6 Å². The molecule has 2 N–H and O–H groups in total. The Kier molecular flexibility index (Phi) is 2.89. The topological polar surface area (TPSA) is 85.2 Å². The first-order valence-corrected chi connectivity index (χ1v) is 6.30. The molecule has 2 aliphatic rings. The van der Waals surface area contributed by atoms with Gasteiger partial charge in [-0.2, -0.15) is 0 Å². The molecule has 2 aliphatic heterocycles. The van der Waals surface area contributed by atoms with Gasteiger partial charge in [0.15, 0.2) is 5.60 Å². The largest absolute Gasteiger partial charge is 0.473 e. The summed E-state index contributed by atoms with van der Waals surface area (Å²) < 4.78 is 26.8. The fraction of sp³-hybridized carbons (Fsp3) is 0.625. The summed E-state index contributed by atoms with van der Waals surface area (Å²) >= 11 is 0. The summed E-state index contributed by atoms with van der Waals surface area (Å²) in [4.78, 5) is 9.33. The second-order valence-corrected chi connectivity index (χ2v) is 5.12.